The van der Waals surface area contributed by atoms with E-state index in [-0.39, 0.29) is 4.90 Å². The van der Waals surface area contributed by atoms with Crippen molar-refractivity contribution in [3.05, 3.63) is 38.0 Å². The molecule has 0 radical (unpaired) electrons. The van der Waals surface area contributed by atoms with Crippen LogP contribution in [0.4, 0.5) is 5.13 Å². The molecule has 0 saturated heterocycles. The van der Waals surface area contributed by atoms with Gasteiger partial charge in [0.1, 0.15) is 4.90 Å². The Morgan fingerprint density at radius 2 is 2.05 bits per heavy atom. The summed E-state index contributed by atoms with van der Waals surface area (Å²) in [5.74, 6) is 0. The molecule has 1 N–H and O–H groups in total. The summed E-state index contributed by atoms with van der Waals surface area (Å²) in [6.45, 7) is 1.77. The molecule has 1 aromatic carbocycles. The zero-order valence-corrected chi connectivity index (χ0v) is 15.3. The summed E-state index contributed by atoms with van der Waals surface area (Å²) in [5.41, 5.74) is 0.713. The minimum absolute atomic E-state index is 0.261. The molecule has 4 nitrogen and oxygen atoms in total. The van der Waals surface area contributed by atoms with Gasteiger partial charge in [-0.2, -0.15) is 0 Å². The van der Waals surface area contributed by atoms with E-state index in [1.165, 1.54) is 22.7 Å². The van der Waals surface area contributed by atoms with Gasteiger partial charge in [-0.3, -0.25) is 4.72 Å². The largest absolute Gasteiger partial charge is 0.264 e. The number of sulfonamides is 1. The second kappa shape index (κ2) is 5.51. The van der Waals surface area contributed by atoms with Crippen LogP contribution in [0.1, 0.15) is 4.88 Å². The Hall–Kier alpha value is -0.670. The van der Waals surface area contributed by atoms with E-state index >= 15 is 0 Å². The van der Waals surface area contributed by atoms with Crippen molar-refractivity contribution in [1.82, 2.24) is 4.98 Å². The molecule has 0 aliphatic carbocycles. The molecule has 3 rings (SSSR count). The number of hydrogen-bond donors (Lipinski definition) is 1. The van der Waals surface area contributed by atoms with Crippen LogP contribution in [0.3, 0.4) is 0 Å². The van der Waals surface area contributed by atoms with Crippen LogP contribution in [0.5, 0.6) is 0 Å². The third kappa shape index (κ3) is 3.09. The summed E-state index contributed by atoms with van der Waals surface area (Å²) in [7, 11) is -3.64. The van der Waals surface area contributed by atoms with Gasteiger partial charge in [-0.1, -0.05) is 22.9 Å². The van der Waals surface area contributed by atoms with Crippen molar-refractivity contribution >= 4 is 75.6 Å². The number of thiophene rings is 1. The second-order valence-corrected chi connectivity index (χ2v) is 9.96. The molecule has 0 aliphatic rings. The average Bonchev–Trinajstić information content (AvgIpc) is 2.91. The lowest BCUT2D eigenvalue weighted by Gasteiger charge is -2.03. The van der Waals surface area contributed by atoms with Gasteiger partial charge < -0.3 is 0 Å². The fraction of sp³-hybridized carbons (Fsp3) is 0.0833. The number of nitrogens with zero attached hydrogens (tertiary/aromatic N) is 1. The van der Waals surface area contributed by atoms with Crippen LogP contribution in [-0.4, -0.2) is 13.4 Å². The summed E-state index contributed by atoms with van der Waals surface area (Å²) in [4.78, 5) is 5.24. The molecule has 0 spiro atoms. The standard InChI is InChI=1S/C12H8BrClN2O2S3/c1-6-10(5-11(13)19-6)21(17,18)16-12-15-8-3-2-7(14)4-9(8)20-12/h2-5H,1H3,(H,15,16). The predicted octanol–water partition coefficient (Wildman–Crippen LogP) is 4.88. The van der Waals surface area contributed by atoms with Crippen molar-refractivity contribution in [2.75, 3.05) is 4.72 Å². The zero-order chi connectivity index (χ0) is 15.2. The summed E-state index contributed by atoms with van der Waals surface area (Å²) in [6, 6.07) is 6.84. The fourth-order valence-corrected chi connectivity index (χ4v) is 6.60. The molecule has 110 valence electrons. The van der Waals surface area contributed by atoms with E-state index in [1.54, 1.807) is 31.2 Å². The highest BCUT2D eigenvalue weighted by molar-refractivity contribution is 9.11. The van der Waals surface area contributed by atoms with Crippen LogP contribution in [0, 0.1) is 6.92 Å². The Kier molecular flexibility index (Phi) is 4.00. The Morgan fingerprint density at radius 1 is 1.29 bits per heavy atom. The number of thiazole rings is 1. The molecule has 0 aliphatic heterocycles. The summed E-state index contributed by atoms with van der Waals surface area (Å²) < 4.78 is 28.9. The molecule has 2 heterocycles. The number of hydrogen-bond acceptors (Lipinski definition) is 5. The third-order valence-electron chi connectivity index (χ3n) is 2.70. The van der Waals surface area contributed by atoms with Crippen molar-refractivity contribution in [2.45, 2.75) is 11.8 Å². The fourth-order valence-electron chi connectivity index (χ4n) is 1.81. The van der Waals surface area contributed by atoms with E-state index in [1.807, 2.05) is 0 Å². The van der Waals surface area contributed by atoms with Gasteiger partial charge in [0, 0.05) is 9.90 Å². The second-order valence-electron chi connectivity index (χ2n) is 4.21. The molecule has 0 atom stereocenters. The van der Waals surface area contributed by atoms with Gasteiger partial charge in [0.2, 0.25) is 0 Å². The maximum Gasteiger partial charge on any atom is 0.264 e. The average molecular weight is 424 g/mol. The van der Waals surface area contributed by atoms with E-state index < -0.39 is 10.0 Å². The molecule has 2 aromatic heterocycles. The van der Waals surface area contributed by atoms with E-state index in [4.69, 9.17) is 11.6 Å². The van der Waals surface area contributed by atoms with Crippen molar-refractivity contribution in [2.24, 2.45) is 0 Å². The van der Waals surface area contributed by atoms with Gasteiger partial charge in [0.15, 0.2) is 5.13 Å². The number of fused-ring (bicyclic) bond motifs is 1. The lowest BCUT2D eigenvalue weighted by atomic mass is 10.3. The van der Waals surface area contributed by atoms with E-state index in [9.17, 15) is 8.42 Å². The minimum atomic E-state index is -3.64. The minimum Gasteiger partial charge on any atom is -0.255 e. The highest BCUT2D eigenvalue weighted by Crippen LogP contribution is 2.33. The van der Waals surface area contributed by atoms with Gasteiger partial charge in [0.25, 0.3) is 10.0 Å². The number of halogens is 2. The SMILES string of the molecule is Cc1sc(Br)cc1S(=O)(=O)Nc1nc2ccc(Cl)cc2s1. The quantitative estimate of drug-likeness (QED) is 0.653. The monoisotopic (exact) mass is 422 g/mol. The number of nitrogens with one attached hydrogen (secondary N) is 1. The molecule has 21 heavy (non-hydrogen) atoms. The first-order chi connectivity index (χ1) is 9.85. The number of aromatic nitrogens is 1. The summed E-state index contributed by atoms with van der Waals surface area (Å²) in [5, 5.41) is 0.923. The Bertz CT molecular complexity index is 933. The lowest BCUT2D eigenvalue weighted by Crippen LogP contribution is -2.12. The highest BCUT2D eigenvalue weighted by atomic mass is 79.9. The van der Waals surface area contributed by atoms with Crippen molar-refractivity contribution < 1.29 is 8.42 Å². The topological polar surface area (TPSA) is 59.1 Å². The van der Waals surface area contributed by atoms with Gasteiger partial charge in [-0.05, 0) is 47.1 Å². The molecular weight excluding hydrogens is 416 g/mol. The first-order valence-corrected chi connectivity index (χ1v) is 9.99. The Balaban J connectivity index is 1.99. The normalized spacial score (nSPS) is 12.0. The van der Waals surface area contributed by atoms with Crippen LogP contribution >= 0.6 is 50.2 Å². The lowest BCUT2D eigenvalue weighted by molar-refractivity contribution is 0.601. The Labute approximate surface area is 143 Å². The van der Waals surface area contributed by atoms with Crippen molar-refractivity contribution in [3.63, 3.8) is 0 Å². The molecule has 0 amide bonds. The number of aryl methyl sites for hydroxylation is 1. The molecule has 0 unspecified atom stereocenters. The molecule has 0 saturated carbocycles. The van der Waals surface area contributed by atoms with Gasteiger partial charge in [-0.15, -0.1) is 11.3 Å². The molecule has 9 heteroatoms. The maximum absolute atomic E-state index is 12.4. The van der Waals surface area contributed by atoms with Crippen LogP contribution in [-0.2, 0) is 10.0 Å². The molecular formula is C12H8BrClN2O2S3. The first-order valence-electron chi connectivity index (χ1n) is 5.70. The number of rotatable bonds is 3. The van der Waals surface area contributed by atoms with E-state index in [2.05, 4.69) is 25.6 Å². The molecule has 3 aromatic rings. The van der Waals surface area contributed by atoms with E-state index in [0.29, 0.717) is 15.7 Å². The van der Waals surface area contributed by atoms with Gasteiger partial charge in [0.05, 0.1) is 14.0 Å². The predicted molar refractivity (Wildman–Crippen MR) is 92.2 cm³/mol. The molecule has 0 fully saturated rings. The summed E-state index contributed by atoms with van der Waals surface area (Å²) >= 11 is 11.8. The van der Waals surface area contributed by atoms with Crippen LogP contribution in [0.2, 0.25) is 5.02 Å². The van der Waals surface area contributed by atoms with Gasteiger partial charge >= 0.3 is 0 Å². The van der Waals surface area contributed by atoms with Crippen LogP contribution < -0.4 is 4.72 Å². The number of anilines is 1. The smallest absolute Gasteiger partial charge is 0.255 e. The van der Waals surface area contributed by atoms with Crippen LogP contribution in [0.15, 0.2) is 32.9 Å². The highest BCUT2D eigenvalue weighted by Gasteiger charge is 2.21. The van der Waals surface area contributed by atoms with Crippen LogP contribution in [0.25, 0.3) is 10.2 Å². The van der Waals surface area contributed by atoms with E-state index in [0.717, 1.165) is 13.4 Å². The van der Waals surface area contributed by atoms with Crippen molar-refractivity contribution in [3.8, 4) is 0 Å². The molecule has 0 bridgehead atoms. The van der Waals surface area contributed by atoms with Gasteiger partial charge in [-0.25, -0.2) is 13.4 Å². The first kappa shape index (κ1) is 15.2. The third-order valence-corrected chi connectivity index (χ3v) is 7.15. The van der Waals surface area contributed by atoms with Crippen molar-refractivity contribution in [1.29, 1.82) is 0 Å². The summed E-state index contributed by atoms with van der Waals surface area (Å²) in [6.07, 6.45) is 0. The number of benzene rings is 1. The zero-order valence-electron chi connectivity index (χ0n) is 10.6. The maximum atomic E-state index is 12.4. The Morgan fingerprint density at radius 3 is 2.71 bits per heavy atom.